The van der Waals surface area contributed by atoms with E-state index in [4.69, 9.17) is 20.4 Å². The van der Waals surface area contributed by atoms with Gasteiger partial charge in [0.25, 0.3) is 0 Å². The number of nitrogens with two attached hydrogens (primary N) is 1. The molecule has 4 bridgehead atoms. The first-order valence-corrected chi connectivity index (χ1v) is 21.3. The Labute approximate surface area is 340 Å². The topological polar surface area (TPSA) is 115 Å². The Hall–Kier alpha value is -4.29. The van der Waals surface area contributed by atoms with Gasteiger partial charge in [0.1, 0.15) is 30.0 Å². The van der Waals surface area contributed by atoms with E-state index in [1.54, 1.807) is 0 Å². The predicted octanol–water partition coefficient (Wildman–Crippen LogP) is 6.10. The number of fused-ring (bicyclic) bond motifs is 2. The van der Waals surface area contributed by atoms with Crippen LogP contribution in [0.25, 0.3) is 22.5 Å². The Morgan fingerprint density at radius 1 is 0.733 bits per heavy atom. The molecular formula is C42H45F7N10O. The Kier molecular flexibility index (Phi) is 7.90. The van der Waals surface area contributed by atoms with Crippen LogP contribution in [-0.2, 0) is 41.0 Å². The van der Waals surface area contributed by atoms with Gasteiger partial charge in [0.15, 0.2) is 0 Å². The first kappa shape index (κ1) is 37.5. The van der Waals surface area contributed by atoms with Crippen molar-refractivity contribution in [1.82, 2.24) is 38.9 Å². The van der Waals surface area contributed by atoms with Crippen LogP contribution in [0, 0.1) is 35.5 Å². The second-order valence-electron chi connectivity index (χ2n) is 18.5. The number of ether oxygens (including phenoxy) is 1. The first-order valence-electron chi connectivity index (χ1n) is 21.3. The van der Waals surface area contributed by atoms with Crippen molar-refractivity contribution in [3.8, 4) is 22.5 Å². The summed E-state index contributed by atoms with van der Waals surface area (Å²) in [7, 11) is 0. The van der Waals surface area contributed by atoms with Crippen molar-refractivity contribution >= 4 is 11.6 Å². The van der Waals surface area contributed by atoms with Crippen LogP contribution >= 0.6 is 0 Å². The highest BCUT2D eigenvalue weighted by atomic mass is 19.4. The van der Waals surface area contributed by atoms with E-state index in [9.17, 15) is 30.7 Å². The first-order chi connectivity index (χ1) is 28.8. The lowest BCUT2D eigenvalue weighted by atomic mass is 10.1. The Bertz CT molecular complexity index is 2380. The molecule has 14 rings (SSSR count). The van der Waals surface area contributed by atoms with Gasteiger partial charge in [0.2, 0.25) is 0 Å². The zero-order valence-corrected chi connectivity index (χ0v) is 32.7. The zero-order valence-electron chi connectivity index (χ0n) is 32.7. The number of halogens is 7. The van der Waals surface area contributed by atoms with E-state index in [0.29, 0.717) is 78.2 Å². The van der Waals surface area contributed by atoms with Crippen molar-refractivity contribution in [2.24, 2.45) is 35.5 Å². The molecule has 8 heterocycles. The van der Waals surface area contributed by atoms with Crippen LogP contribution in [0.3, 0.4) is 0 Å². The second-order valence-corrected chi connectivity index (χ2v) is 18.5. The number of piperidine rings is 2. The Balaban J connectivity index is 0.679. The Morgan fingerprint density at radius 3 is 1.78 bits per heavy atom. The van der Waals surface area contributed by atoms with Gasteiger partial charge >= 0.3 is 12.4 Å². The molecule has 4 aliphatic heterocycles. The van der Waals surface area contributed by atoms with Crippen molar-refractivity contribution in [3.63, 3.8) is 0 Å². The van der Waals surface area contributed by atoms with Crippen LogP contribution < -0.4 is 11.1 Å². The third-order valence-electron chi connectivity index (χ3n) is 15.1. The van der Waals surface area contributed by atoms with Crippen LogP contribution in [0.4, 0.5) is 42.4 Å². The molecule has 0 radical (unpaired) electrons. The minimum Gasteiger partial charge on any atom is -0.383 e. The van der Waals surface area contributed by atoms with Gasteiger partial charge in [-0.2, -0.15) is 26.3 Å². The van der Waals surface area contributed by atoms with E-state index in [-0.39, 0.29) is 48.3 Å². The molecule has 11 nitrogen and oxygen atoms in total. The molecule has 0 amide bonds. The molecule has 4 aromatic rings. The predicted molar refractivity (Wildman–Crippen MR) is 204 cm³/mol. The maximum atomic E-state index is 14.5. The summed E-state index contributed by atoms with van der Waals surface area (Å²) in [4.78, 5) is 22.4. The van der Waals surface area contributed by atoms with Crippen LogP contribution in [0.2, 0.25) is 0 Å². The highest BCUT2D eigenvalue weighted by molar-refractivity contribution is 5.65. The molecule has 6 aliphatic carbocycles. The Morgan fingerprint density at radius 2 is 1.27 bits per heavy atom. The van der Waals surface area contributed by atoms with E-state index in [0.717, 1.165) is 75.4 Å². The molecule has 6 saturated carbocycles. The van der Waals surface area contributed by atoms with Crippen molar-refractivity contribution < 1.29 is 35.5 Å². The minimum absolute atomic E-state index is 0.0833. The largest absolute Gasteiger partial charge is 0.419 e. The number of anilines is 2. The third kappa shape index (κ3) is 5.57. The molecule has 10 aliphatic rings. The smallest absolute Gasteiger partial charge is 0.383 e. The summed E-state index contributed by atoms with van der Waals surface area (Å²) in [6.07, 6.45) is 3.40. The summed E-state index contributed by atoms with van der Waals surface area (Å²) in [6.45, 7) is 3.14. The molecule has 4 saturated heterocycles. The van der Waals surface area contributed by atoms with Crippen molar-refractivity contribution in [1.29, 1.82) is 0 Å². The summed E-state index contributed by atoms with van der Waals surface area (Å²) in [5.74, 6) is 3.88. The van der Waals surface area contributed by atoms with Gasteiger partial charge in [-0.05, 0) is 49.7 Å². The number of aromatic nitrogens is 6. The van der Waals surface area contributed by atoms with Gasteiger partial charge in [-0.3, -0.25) is 9.80 Å². The molecule has 3 N–H and O–H groups in total. The monoisotopic (exact) mass is 838 g/mol. The average molecular weight is 839 g/mol. The standard InChI is InChI=1S/C42H45F7N10O/c43-5-7-56-17-27-33-35(56)39(27,33)58-20-30(55-32(58)12-22-3-4-22)24-14-26(42(47,48)49)38(53-16-24)51-6-9-60-10-8-57-18-28-34-36(57)40(28,34)59-19-29(54-31(59)11-21-1-2-21)23-13-25(41(44,45)46)37(50)52-15-23/h13-16,19-22,27-28,33-36H,1-12,17-18H2,(H2,50,52)(H,51,53). The van der Waals surface area contributed by atoms with Gasteiger partial charge in [-0.25, -0.2) is 24.3 Å². The van der Waals surface area contributed by atoms with E-state index in [1.165, 1.54) is 12.4 Å². The van der Waals surface area contributed by atoms with Crippen LogP contribution in [0.5, 0.6) is 0 Å². The minimum atomic E-state index is -4.64. The fourth-order valence-corrected chi connectivity index (χ4v) is 11.8. The number of nitrogens with zero attached hydrogens (tertiary/aromatic N) is 8. The highest BCUT2D eigenvalue weighted by Gasteiger charge is 2.94. The molecule has 8 unspecified atom stereocenters. The average Bonchev–Trinajstić information content (AvgIpc) is 4.11. The van der Waals surface area contributed by atoms with Gasteiger partial charge in [0, 0.05) is 117 Å². The maximum absolute atomic E-state index is 14.5. The quantitative estimate of drug-likeness (QED) is 0.0962. The van der Waals surface area contributed by atoms with Crippen LogP contribution in [0.1, 0.15) is 48.5 Å². The van der Waals surface area contributed by atoms with Gasteiger partial charge < -0.3 is 24.9 Å². The SMILES string of the molecule is Nc1ncc(-c2cn(C34C5CN(CCOCCNc6ncc(-c7cn(C89C%10CN(CCF)C8C%109)c(CC8CC8)n7)cc6C(F)(F)F)C3C54)c(CC3CC3)n2)cc1C(F)(F)F. The molecule has 60 heavy (non-hydrogen) atoms. The molecule has 4 aromatic heterocycles. The third-order valence-corrected chi connectivity index (χ3v) is 15.1. The maximum Gasteiger partial charge on any atom is 0.419 e. The highest BCUT2D eigenvalue weighted by Crippen LogP contribution is 2.84. The van der Waals surface area contributed by atoms with Gasteiger partial charge in [-0.15, -0.1) is 0 Å². The lowest BCUT2D eigenvalue weighted by molar-refractivity contribution is -0.137. The summed E-state index contributed by atoms with van der Waals surface area (Å²) >= 11 is 0. The van der Waals surface area contributed by atoms with Gasteiger partial charge in [0.05, 0.1) is 46.8 Å². The number of imidazole rings is 2. The van der Waals surface area contributed by atoms with Crippen LogP contribution in [0.15, 0.2) is 36.9 Å². The fraction of sp³-hybridized carbons (Fsp3) is 0.619. The number of hydrogen-bond donors (Lipinski definition) is 2. The molecule has 0 aromatic carbocycles. The van der Waals surface area contributed by atoms with Gasteiger partial charge in [-0.1, -0.05) is 0 Å². The van der Waals surface area contributed by atoms with E-state index in [1.807, 2.05) is 12.4 Å². The number of alkyl halides is 7. The lowest BCUT2D eigenvalue weighted by Crippen LogP contribution is -2.29. The number of rotatable bonds is 17. The van der Waals surface area contributed by atoms with Crippen molar-refractivity contribution in [2.45, 2.75) is 74.0 Å². The van der Waals surface area contributed by atoms with Crippen LogP contribution in [-0.4, -0.2) is 104 Å². The number of nitrogen functional groups attached to an aromatic ring is 1. The normalized spacial score (nSPS) is 32.0. The molecule has 0 spiro atoms. The van der Waals surface area contributed by atoms with E-state index < -0.39 is 29.3 Å². The summed E-state index contributed by atoms with van der Waals surface area (Å²) in [5.41, 5.74) is 5.09. The summed E-state index contributed by atoms with van der Waals surface area (Å²) in [6, 6.07) is 2.73. The van der Waals surface area contributed by atoms with E-state index >= 15 is 0 Å². The molecule has 18 heteroatoms. The number of nitrogens with one attached hydrogen (secondary N) is 1. The second kappa shape index (κ2) is 12.6. The molecule has 318 valence electrons. The zero-order chi connectivity index (χ0) is 41.1. The number of hydrogen-bond acceptors (Lipinski definition) is 9. The molecule has 8 atom stereocenters. The fourth-order valence-electron chi connectivity index (χ4n) is 11.8. The lowest BCUT2D eigenvalue weighted by Gasteiger charge is -2.18. The molecule has 10 fully saturated rings. The summed E-state index contributed by atoms with van der Waals surface area (Å²) in [5, 5.41) is 2.85. The number of pyridine rings is 2. The van der Waals surface area contributed by atoms with Crippen molar-refractivity contribution in [2.75, 3.05) is 63.7 Å². The molecular weight excluding hydrogens is 794 g/mol. The van der Waals surface area contributed by atoms with E-state index in [2.05, 4.69) is 34.2 Å². The van der Waals surface area contributed by atoms with Crippen molar-refractivity contribution in [3.05, 3.63) is 59.7 Å². The summed E-state index contributed by atoms with van der Waals surface area (Å²) < 4.78 is 108.